The van der Waals surface area contributed by atoms with Crippen LogP contribution in [0.1, 0.15) is 18.4 Å². The highest BCUT2D eigenvalue weighted by Gasteiger charge is 2.25. The van der Waals surface area contributed by atoms with Crippen molar-refractivity contribution >= 4 is 33.2 Å². The largest absolute Gasteiger partial charge is 0.326 e. The third-order valence-electron chi connectivity index (χ3n) is 2.92. The summed E-state index contributed by atoms with van der Waals surface area (Å²) in [6.07, 6.45) is 3.21. The average Bonchev–Trinajstić information content (AvgIpc) is 2.39. The van der Waals surface area contributed by atoms with Gasteiger partial charge < -0.3 is 5.73 Å². The smallest absolute Gasteiger partial charge is 0.244 e. The van der Waals surface area contributed by atoms with Crippen molar-refractivity contribution in [3.8, 4) is 0 Å². The summed E-state index contributed by atoms with van der Waals surface area (Å²) < 4.78 is 26.2. The number of hydrogen-bond acceptors (Lipinski definition) is 3. The molecule has 0 aromatic heterocycles. The second kappa shape index (κ2) is 7.43. The molecule has 0 atom stereocenters. The van der Waals surface area contributed by atoms with Gasteiger partial charge in [0.05, 0.1) is 5.02 Å². The van der Waals surface area contributed by atoms with Crippen LogP contribution in [0.5, 0.6) is 0 Å². The van der Waals surface area contributed by atoms with Crippen molar-refractivity contribution in [1.82, 2.24) is 4.31 Å². The average molecular weight is 337 g/mol. The Hall–Kier alpha value is -0.590. The standard InChI is InChI=1S/C13H18Cl2N2O2S/c1-3-4-5-8-17(2)20(18,19)12-7-6-11(14)10(9-16)13(12)15/h3,6-7H,1,4-5,8-9,16H2,2H3. The van der Waals surface area contributed by atoms with Crippen LogP contribution in [0.2, 0.25) is 10.0 Å². The lowest BCUT2D eigenvalue weighted by molar-refractivity contribution is 0.463. The number of rotatable bonds is 7. The molecule has 0 saturated carbocycles. The van der Waals surface area contributed by atoms with Crippen molar-refractivity contribution in [1.29, 1.82) is 0 Å². The minimum absolute atomic E-state index is 0.0325. The molecule has 0 aliphatic rings. The van der Waals surface area contributed by atoms with E-state index in [4.69, 9.17) is 28.9 Å². The van der Waals surface area contributed by atoms with Crippen molar-refractivity contribution in [2.75, 3.05) is 13.6 Å². The summed E-state index contributed by atoms with van der Waals surface area (Å²) in [5.74, 6) is 0. The van der Waals surface area contributed by atoms with E-state index < -0.39 is 10.0 Å². The highest BCUT2D eigenvalue weighted by molar-refractivity contribution is 7.89. The second-order valence-corrected chi connectivity index (χ2v) is 7.10. The highest BCUT2D eigenvalue weighted by atomic mass is 35.5. The fraction of sp³-hybridized carbons (Fsp3) is 0.385. The Balaban J connectivity index is 3.12. The molecule has 1 aromatic carbocycles. The first-order valence-corrected chi connectivity index (χ1v) is 8.30. The Bertz CT molecular complexity index is 588. The molecule has 0 spiro atoms. The predicted molar refractivity (Wildman–Crippen MR) is 83.6 cm³/mol. The molecule has 4 nitrogen and oxygen atoms in total. The zero-order valence-electron chi connectivity index (χ0n) is 11.3. The molecule has 0 bridgehead atoms. The Labute approximate surface area is 130 Å². The molecule has 0 fully saturated rings. The first kappa shape index (κ1) is 17.5. The third kappa shape index (κ3) is 3.74. The van der Waals surface area contributed by atoms with E-state index in [0.29, 0.717) is 23.6 Å². The van der Waals surface area contributed by atoms with E-state index in [1.54, 1.807) is 6.08 Å². The zero-order chi connectivity index (χ0) is 15.3. The summed E-state index contributed by atoms with van der Waals surface area (Å²) in [5.41, 5.74) is 5.99. The zero-order valence-corrected chi connectivity index (χ0v) is 13.6. The minimum Gasteiger partial charge on any atom is -0.326 e. The number of sulfonamides is 1. The molecular weight excluding hydrogens is 319 g/mol. The number of benzene rings is 1. The SMILES string of the molecule is C=CCCCN(C)S(=O)(=O)c1ccc(Cl)c(CN)c1Cl. The predicted octanol–water partition coefficient (Wildman–Crippen LogP) is 3.04. The van der Waals surface area contributed by atoms with E-state index in [1.165, 1.54) is 23.5 Å². The van der Waals surface area contributed by atoms with Gasteiger partial charge in [-0.3, -0.25) is 0 Å². The quantitative estimate of drug-likeness (QED) is 0.614. The van der Waals surface area contributed by atoms with Gasteiger partial charge in [-0.1, -0.05) is 29.3 Å². The first-order chi connectivity index (χ1) is 9.36. The molecule has 20 heavy (non-hydrogen) atoms. The Morgan fingerprint density at radius 1 is 1.40 bits per heavy atom. The van der Waals surface area contributed by atoms with Gasteiger partial charge in [-0.25, -0.2) is 12.7 Å². The maximum Gasteiger partial charge on any atom is 0.244 e. The molecule has 0 saturated heterocycles. The molecule has 1 aromatic rings. The van der Waals surface area contributed by atoms with E-state index in [9.17, 15) is 8.42 Å². The monoisotopic (exact) mass is 336 g/mol. The van der Waals surface area contributed by atoms with Crippen LogP contribution < -0.4 is 5.73 Å². The van der Waals surface area contributed by atoms with Gasteiger partial charge in [-0.05, 0) is 25.0 Å². The van der Waals surface area contributed by atoms with Crippen LogP contribution in [-0.2, 0) is 16.6 Å². The van der Waals surface area contributed by atoms with Crippen molar-refractivity contribution in [2.45, 2.75) is 24.3 Å². The van der Waals surface area contributed by atoms with Crippen molar-refractivity contribution < 1.29 is 8.42 Å². The lowest BCUT2D eigenvalue weighted by Crippen LogP contribution is -2.28. The molecule has 0 radical (unpaired) electrons. The summed E-state index contributed by atoms with van der Waals surface area (Å²) in [6.45, 7) is 4.09. The number of allylic oxidation sites excluding steroid dienone is 1. The summed E-state index contributed by atoms with van der Waals surface area (Å²) >= 11 is 12.1. The molecular formula is C13H18Cl2N2O2S. The number of nitrogens with two attached hydrogens (primary N) is 1. The molecule has 0 aliphatic heterocycles. The topological polar surface area (TPSA) is 63.4 Å². The molecule has 0 aliphatic carbocycles. The molecule has 112 valence electrons. The van der Waals surface area contributed by atoms with E-state index in [1.807, 2.05) is 0 Å². The fourth-order valence-corrected chi connectivity index (χ4v) is 3.82. The summed E-state index contributed by atoms with van der Waals surface area (Å²) in [5, 5.41) is 0.460. The van der Waals surface area contributed by atoms with E-state index in [-0.39, 0.29) is 16.5 Å². The maximum absolute atomic E-state index is 12.5. The summed E-state index contributed by atoms with van der Waals surface area (Å²) in [4.78, 5) is 0.0325. The van der Waals surface area contributed by atoms with E-state index in [2.05, 4.69) is 6.58 Å². The summed E-state index contributed by atoms with van der Waals surface area (Å²) in [7, 11) is -2.13. The summed E-state index contributed by atoms with van der Waals surface area (Å²) in [6, 6.07) is 2.91. The Kier molecular flexibility index (Phi) is 6.48. The van der Waals surface area contributed by atoms with Gasteiger partial charge in [0.15, 0.2) is 0 Å². The van der Waals surface area contributed by atoms with Crippen LogP contribution in [0.15, 0.2) is 29.7 Å². The van der Waals surface area contributed by atoms with Gasteiger partial charge >= 0.3 is 0 Å². The fourth-order valence-electron chi connectivity index (χ4n) is 1.71. The van der Waals surface area contributed by atoms with Crippen LogP contribution in [-0.4, -0.2) is 26.3 Å². The lowest BCUT2D eigenvalue weighted by atomic mass is 10.2. The van der Waals surface area contributed by atoms with Crippen LogP contribution >= 0.6 is 23.2 Å². The molecule has 1 rings (SSSR count). The van der Waals surface area contributed by atoms with E-state index in [0.717, 1.165) is 6.42 Å². The van der Waals surface area contributed by atoms with Gasteiger partial charge in [0.2, 0.25) is 10.0 Å². The van der Waals surface area contributed by atoms with Crippen molar-refractivity contribution in [3.05, 3.63) is 40.4 Å². The van der Waals surface area contributed by atoms with Crippen LogP contribution in [0.3, 0.4) is 0 Å². The second-order valence-electron chi connectivity index (χ2n) is 4.30. The van der Waals surface area contributed by atoms with Crippen molar-refractivity contribution in [3.63, 3.8) is 0 Å². The lowest BCUT2D eigenvalue weighted by Gasteiger charge is -2.19. The molecule has 7 heteroatoms. The molecule has 0 unspecified atom stereocenters. The third-order valence-corrected chi connectivity index (χ3v) is 5.72. The van der Waals surface area contributed by atoms with Crippen LogP contribution in [0.4, 0.5) is 0 Å². The van der Waals surface area contributed by atoms with Crippen molar-refractivity contribution in [2.24, 2.45) is 5.73 Å². The van der Waals surface area contributed by atoms with Gasteiger partial charge in [0.1, 0.15) is 4.90 Å². The first-order valence-electron chi connectivity index (χ1n) is 6.10. The number of unbranched alkanes of at least 4 members (excludes halogenated alkanes) is 1. The molecule has 0 amide bonds. The normalized spacial score (nSPS) is 11.8. The maximum atomic E-state index is 12.5. The van der Waals surface area contributed by atoms with Gasteiger partial charge in [-0.2, -0.15) is 0 Å². The van der Waals surface area contributed by atoms with Gasteiger partial charge in [-0.15, -0.1) is 6.58 Å². The van der Waals surface area contributed by atoms with E-state index >= 15 is 0 Å². The number of hydrogen-bond donors (Lipinski definition) is 1. The van der Waals surface area contributed by atoms with Crippen LogP contribution in [0, 0.1) is 0 Å². The molecule has 2 N–H and O–H groups in total. The Morgan fingerprint density at radius 3 is 2.60 bits per heavy atom. The molecule has 0 heterocycles. The van der Waals surface area contributed by atoms with Crippen LogP contribution in [0.25, 0.3) is 0 Å². The minimum atomic E-state index is -3.65. The number of nitrogens with zero attached hydrogens (tertiary/aromatic N) is 1. The number of halogens is 2. The Morgan fingerprint density at radius 2 is 2.05 bits per heavy atom. The highest BCUT2D eigenvalue weighted by Crippen LogP contribution is 2.32. The van der Waals surface area contributed by atoms with Gasteiger partial charge in [0.25, 0.3) is 0 Å². The van der Waals surface area contributed by atoms with Gasteiger partial charge in [0, 0.05) is 30.7 Å².